The van der Waals surface area contributed by atoms with Crippen LogP contribution in [-0.2, 0) is 0 Å². The van der Waals surface area contributed by atoms with Crippen molar-refractivity contribution >= 4 is 28.5 Å². The Morgan fingerprint density at radius 1 is 1.33 bits per heavy atom. The van der Waals surface area contributed by atoms with Gasteiger partial charge in [0.05, 0.1) is 17.3 Å². The summed E-state index contributed by atoms with van der Waals surface area (Å²) in [5.41, 5.74) is 2.76. The van der Waals surface area contributed by atoms with E-state index < -0.39 is 0 Å². The number of nitrogens with one attached hydrogen (secondary N) is 1. The van der Waals surface area contributed by atoms with E-state index in [4.69, 9.17) is 11.6 Å². The highest BCUT2D eigenvalue weighted by molar-refractivity contribution is 6.28. The van der Waals surface area contributed by atoms with E-state index >= 15 is 0 Å². The summed E-state index contributed by atoms with van der Waals surface area (Å²) in [6.45, 7) is 6.31. The Bertz CT molecular complexity index is 809. The molecule has 0 bridgehead atoms. The molecule has 6 heteroatoms. The van der Waals surface area contributed by atoms with Crippen molar-refractivity contribution < 1.29 is 0 Å². The third kappa shape index (κ3) is 2.48. The van der Waals surface area contributed by atoms with Gasteiger partial charge in [0.1, 0.15) is 5.82 Å². The number of rotatable bonds is 4. The van der Waals surface area contributed by atoms with Crippen LogP contribution in [0, 0.1) is 6.92 Å². The van der Waals surface area contributed by atoms with Crippen molar-refractivity contribution in [1.29, 1.82) is 0 Å². The standard InChI is InChI=1S/C15H14ClN5/c1-3-8-17-13-11-9-18-21(14(11)20-15(16)19-13)12-7-5-4-6-10(12)2/h3-7,9H,1,8H2,2H3,(H,17,19,20). The summed E-state index contributed by atoms with van der Waals surface area (Å²) in [4.78, 5) is 8.52. The Kier molecular flexibility index (Phi) is 3.58. The van der Waals surface area contributed by atoms with E-state index in [2.05, 4.69) is 27.0 Å². The van der Waals surface area contributed by atoms with Crippen molar-refractivity contribution in [2.24, 2.45) is 0 Å². The topological polar surface area (TPSA) is 55.6 Å². The molecule has 0 aliphatic heterocycles. The highest BCUT2D eigenvalue weighted by Gasteiger charge is 2.13. The fourth-order valence-corrected chi connectivity index (χ4v) is 2.33. The number of hydrogen-bond donors (Lipinski definition) is 1. The van der Waals surface area contributed by atoms with Gasteiger partial charge in [-0.15, -0.1) is 6.58 Å². The minimum atomic E-state index is 0.185. The highest BCUT2D eigenvalue weighted by Crippen LogP contribution is 2.25. The fraction of sp³-hybridized carbons (Fsp3) is 0.133. The number of aromatic nitrogens is 4. The summed E-state index contributed by atoms with van der Waals surface area (Å²) in [7, 11) is 0. The number of hydrogen-bond acceptors (Lipinski definition) is 4. The first-order valence-corrected chi connectivity index (χ1v) is 6.90. The monoisotopic (exact) mass is 299 g/mol. The van der Waals surface area contributed by atoms with Gasteiger partial charge in [-0.1, -0.05) is 24.3 Å². The lowest BCUT2D eigenvalue weighted by atomic mass is 10.2. The maximum Gasteiger partial charge on any atom is 0.226 e. The number of nitrogens with zero attached hydrogens (tertiary/aromatic N) is 4. The zero-order chi connectivity index (χ0) is 14.8. The summed E-state index contributed by atoms with van der Waals surface area (Å²) in [5, 5.41) is 8.58. The van der Waals surface area contributed by atoms with E-state index in [1.165, 1.54) is 0 Å². The second-order valence-corrected chi connectivity index (χ2v) is 4.93. The molecule has 0 spiro atoms. The van der Waals surface area contributed by atoms with Crippen molar-refractivity contribution in [3.8, 4) is 5.69 Å². The van der Waals surface area contributed by atoms with Crippen molar-refractivity contribution in [3.05, 3.63) is 54.0 Å². The molecule has 5 nitrogen and oxygen atoms in total. The predicted octanol–water partition coefficient (Wildman–Crippen LogP) is 3.38. The van der Waals surface area contributed by atoms with Gasteiger partial charge in [-0.05, 0) is 30.2 Å². The van der Waals surface area contributed by atoms with E-state index in [1.54, 1.807) is 17.0 Å². The van der Waals surface area contributed by atoms with Gasteiger partial charge in [-0.3, -0.25) is 0 Å². The molecule has 0 fully saturated rings. The number of aryl methyl sites for hydroxylation is 1. The Morgan fingerprint density at radius 2 is 2.14 bits per heavy atom. The van der Waals surface area contributed by atoms with Gasteiger partial charge in [0, 0.05) is 6.54 Å². The molecule has 0 radical (unpaired) electrons. The number of fused-ring (bicyclic) bond motifs is 1. The molecule has 0 atom stereocenters. The molecule has 0 saturated carbocycles. The SMILES string of the molecule is C=CCNc1nc(Cl)nc2c1cnn2-c1ccccc1C. The molecule has 0 aliphatic rings. The minimum absolute atomic E-state index is 0.185. The van der Waals surface area contributed by atoms with Crippen LogP contribution in [0.3, 0.4) is 0 Å². The summed E-state index contributed by atoms with van der Waals surface area (Å²) in [5.74, 6) is 0.657. The van der Waals surface area contributed by atoms with Gasteiger partial charge in [0.15, 0.2) is 5.65 Å². The second kappa shape index (κ2) is 5.54. The lowest BCUT2D eigenvalue weighted by molar-refractivity contribution is 0.887. The lowest BCUT2D eigenvalue weighted by Gasteiger charge is -2.08. The molecule has 0 unspecified atom stereocenters. The molecule has 106 valence electrons. The second-order valence-electron chi connectivity index (χ2n) is 4.59. The molecule has 3 rings (SSSR count). The first kappa shape index (κ1) is 13.6. The van der Waals surface area contributed by atoms with Crippen molar-refractivity contribution in [2.45, 2.75) is 6.92 Å². The van der Waals surface area contributed by atoms with Crippen LogP contribution in [0.1, 0.15) is 5.56 Å². The van der Waals surface area contributed by atoms with E-state index in [0.29, 0.717) is 18.0 Å². The van der Waals surface area contributed by atoms with Gasteiger partial charge < -0.3 is 5.32 Å². The van der Waals surface area contributed by atoms with Crippen molar-refractivity contribution in [2.75, 3.05) is 11.9 Å². The Hall–Kier alpha value is -2.40. The normalized spacial score (nSPS) is 10.8. The van der Waals surface area contributed by atoms with E-state index in [-0.39, 0.29) is 5.28 Å². The average Bonchev–Trinajstić information content (AvgIpc) is 2.89. The summed E-state index contributed by atoms with van der Waals surface area (Å²) >= 11 is 6.03. The molecule has 1 aromatic carbocycles. The Labute approximate surface area is 127 Å². The van der Waals surface area contributed by atoms with Crippen LogP contribution in [0.25, 0.3) is 16.7 Å². The van der Waals surface area contributed by atoms with Crippen LogP contribution in [0.5, 0.6) is 0 Å². The molecule has 3 aromatic rings. The Balaban J connectivity index is 2.20. The first-order chi connectivity index (χ1) is 10.2. The van der Waals surface area contributed by atoms with Gasteiger partial charge in [-0.2, -0.15) is 15.1 Å². The average molecular weight is 300 g/mol. The maximum atomic E-state index is 6.03. The van der Waals surface area contributed by atoms with Crippen LogP contribution in [0.4, 0.5) is 5.82 Å². The molecule has 1 N–H and O–H groups in total. The van der Waals surface area contributed by atoms with E-state index in [0.717, 1.165) is 16.6 Å². The van der Waals surface area contributed by atoms with Crippen molar-refractivity contribution in [3.63, 3.8) is 0 Å². The van der Waals surface area contributed by atoms with E-state index in [1.807, 2.05) is 31.2 Å². The van der Waals surface area contributed by atoms with Gasteiger partial charge in [0.2, 0.25) is 5.28 Å². The van der Waals surface area contributed by atoms with Gasteiger partial charge >= 0.3 is 0 Å². The first-order valence-electron chi connectivity index (χ1n) is 6.52. The van der Waals surface area contributed by atoms with Crippen LogP contribution in [-0.4, -0.2) is 26.3 Å². The van der Waals surface area contributed by atoms with Gasteiger partial charge in [0.25, 0.3) is 0 Å². The highest BCUT2D eigenvalue weighted by atomic mass is 35.5. The lowest BCUT2D eigenvalue weighted by Crippen LogP contribution is -2.04. The van der Waals surface area contributed by atoms with Crippen LogP contribution in [0.15, 0.2) is 43.1 Å². The summed E-state index contributed by atoms with van der Waals surface area (Å²) < 4.78 is 1.78. The molecule has 2 heterocycles. The molecular formula is C15H14ClN5. The molecule has 2 aromatic heterocycles. The zero-order valence-corrected chi connectivity index (χ0v) is 12.3. The number of anilines is 1. The van der Waals surface area contributed by atoms with Crippen LogP contribution >= 0.6 is 11.6 Å². The third-order valence-corrected chi connectivity index (χ3v) is 3.33. The quantitative estimate of drug-likeness (QED) is 0.593. The maximum absolute atomic E-state index is 6.03. The number of benzene rings is 1. The number of halogens is 1. The molecular weight excluding hydrogens is 286 g/mol. The van der Waals surface area contributed by atoms with Crippen LogP contribution in [0.2, 0.25) is 5.28 Å². The Morgan fingerprint density at radius 3 is 2.90 bits per heavy atom. The molecule has 0 aliphatic carbocycles. The predicted molar refractivity (Wildman–Crippen MR) is 85.1 cm³/mol. The largest absolute Gasteiger partial charge is 0.366 e. The fourth-order valence-electron chi connectivity index (χ4n) is 2.16. The molecule has 21 heavy (non-hydrogen) atoms. The molecule has 0 amide bonds. The summed E-state index contributed by atoms with van der Waals surface area (Å²) in [6.07, 6.45) is 3.50. The van der Waals surface area contributed by atoms with Crippen LogP contribution < -0.4 is 5.32 Å². The van der Waals surface area contributed by atoms with E-state index in [9.17, 15) is 0 Å². The molecule has 0 saturated heterocycles. The number of para-hydroxylation sites is 1. The third-order valence-electron chi connectivity index (χ3n) is 3.16. The van der Waals surface area contributed by atoms with Crippen molar-refractivity contribution in [1.82, 2.24) is 19.7 Å². The smallest absolute Gasteiger partial charge is 0.226 e. The zero-order valence-electron chi connectivity index (χ0n) is 11.5. The van der Waals surface area contributed by atoms with Gasteiger partial charge in [-0.25, -0.2) is 4.68 Å². The minimum Gasteiger partial charge on any atom is -0.366 e. The summed E-state index contributed by atoms with van der Waals surface area (Å²) in [6, 6.07) is 7.98.